The van der Waals surface area contributed by atoms with Crippen molar-refractivity contribution in [2.75, 3.05) is 63.1 Å². The number of ether oxygens (including phenoxy) is 3. The first-order valence-corrected chi connectivity index (χ1v) is 15.1. The lowest BCUT2D eigenvalue weighted by Crippen LogP contribution is -2.49. The molecule has 0 saturated carbocycles. The maximum Gasteiger partial charge on any atom is 0.283 e. The Hall–Kier alpha value is -4.77. The number of aliphatic imine (C=N–C) groups is 1. The Bertz CT molecular complexity index is 1600. The number of para-hydroxylation sites is 1. The summed E-state index contributed by atoms with van der Waals surface area (Å²) in [6, 6.07) is 20.2. The number of methoxy groups -OCH3 is 3. The van der Waals surface area contributed by atoms with E-state index in [9.17, 15) is 14.4 Å². The lowest BCUT2D eigenvalue weighted by Gasteiger charge is -2.36. The number of amides is 2. The second-order valence-electron chi connectivity index (χ2n) is 10.1. The van der Waals surface area contributed by atoms with Gasteiger partial charge in [0.1, 0.15) is 11.4 Å². The number of piperazine rings is 1. The number of thioether (sulfide) groups is 1. The summed E-state index contributed by atoms with van der Waals surface area (Å²) in [6.07, 6.45) is 1.64. The Kier molecular flexibility index (Phi) is 9.54. The fourth-order valence-electron chi connectivity index (χ4n) is 5.08. The summed E-state index contributed by atoms with van der Waals surface area (Å²) in [7, 11) is 4.61. The molecule has 1 saturated heterocycles. The summed E-state index contributed by atoms with van der Waals surface area (Å²) >= 11 is 1.23. The van der Waals surface area contributed by atoms with Gasteiger partial charge in [-0.1, -0.05) is 30.0 Å². The standard InChI is InChI=1S/C33H34N4O6S/c1-22(38)23-10-12-25(13-11-23)35-14-16-36(17-15-35)30(39)21-44-33-34-28(32(40)37(33)26-8-6-5-7-9-26)19-24-18-27(41-2)20-29(42-3)31(24)43-4/h5-13,18-20H,14-17,21H2,1-4H3. The molecule has 10 nitrogen and oxygen atoms in total. The number of benzene rings is 3. The third-order valence-electron chi connectivity index (χ3n) is 7.45. The lowest BCUT2D eigenvalue weighted by molar-refractivity contribution is -0.128. The van der Waals surface area contributed by atoms with Crippen LogP contribution in [0.1, 0.15) is 22.8 Å². The first-order valence-electron chi connectivity index (χ1n) is 14.1. The summed E-state index contributed by atoms with van der Waals surface area (Å²) in [5.74, 6) is 1.26. The highest BCUT2D eigenvalue weighted by molar-refractivity contribution is 8.14. The largest absolute Gasteiger partial charge is 0.497 e. The molecule has 2 aliphatic rings. The Balaban J connectivity index is 1.32. The maximum atomic E-state index is 13.7. The number of carbonyl (C=O) groups is 3. The molecule has 0 aliphatic carbocycles. The summed E-state index contributed by atoms with van der Waals surface area (Å²) in [5, 5.41) is 0.416. The van der Waals surface area contributed by atoms with E-state index < -0.39 is 0 Å². The van der Waals surface area contributed by atoms with Crippen molar-refractivity contribution in [2.24, 2.45) is 4.99 Å². The normalized spacial score (nSPS) is 15.8. The van der Waals surface area contributed by atoms with Crippen molar-refractivity contribution in [3.05, 3.63) is 83.6 Å². The molecule has 2 heterocycles. The predicted molar refractivity (Wildman–Crippen MR) is 173 cm³/mol. The van der Waals surface area contributed by atoms with Crippen LogP contribution in [0.5, 0.6) is 17.2 Å². The number of hydrogen-bond acceptors (Lipinski definition) is 9. The number of carbonyl (C=O) groups excluding carboxylic acids is 3. The minimum absolute atomic E-state index is 0.0265. The van der Waals surface area contributed by atoms with E-state index >= 15 is 0 Å². The van der Waals surface area contributed by atoms with E-state index in [0.29, 0.717) is 65.4 Å². The number of ketones is 1. The first-order chi connectivity index (χ1) is 21.3. The molecule has 228 valence electrons. The fraction of sp³-hybridized carbons (Fsp3) is 0.273. The van der Waals surface area contributed by atoms with Crippen molar-refractivity contribution in [1.29, 1.82) is 0 Å². The van der Waals surface area contributed by atoms with Crippen LogP contribution in [0.15, 0.2) is 77.4 Å². The molecule has 2 amide bonds. The van der Waals surface area contributed by atoms with Crippen LogP contribution in [0.2, 0.25) is 0 Å². The molecule has 0 radical (unpaired) electrons. The number of rotatable bonds is 9. The molecule has 11 heteroatoms. The van der Waals surface area contributed by atoms with Crippen LogP contribution in [0, 0.1) is 0 Å². The van der Waals surface area contributed by atoms with Gasteiger partial charge in [-0.25, -0.2) is 4.99 Å². The zero-order chi connectivity index (χ0) is 31.2. The average molecular weight is 615 g/mol. The number of amidine groups is 1. The predicted octanol–water partition coefficient (Wildman–Crippen LogP) is 4.74. The zero-order valence-corrected chi connectivity index (χ0v) is 25.9. The molecule has 3 aromatic rings. The fourth-order valence-corrected chi connectivity index (χ4v) is 5.99. The number of Topliss-reactive ketones (excluding diaryl/α,β-unsaturated/α-hetero) is 1. The van der Waals surface area contributed by atoms with Gasteiger partial charge in [-0.15, -0.1) is 0 Å². The quantitative estimate of drug-likeness (QED) is 0.252. The maximum absolute atomic E-state index is 13.7. The molecule has 5 rings (SSSR count). The molecule has 0 bridgehead atoms. The van der Waals surface area contributed by atoms with Gasteiger partial charge >= 0.3 is 0 Å². The van der Waals surface area contributed by atoms with E-state index in [4.69, 9.17) is 14.2 Å². The molecule has 1 fully saturated rings. The molecular weight excluding hydrogens is 580 g/mol. The number of nitrogens with zero attached hydrogens (tertiary/aromatic N) is 4. The molecule has 2 aliphatic heterocycles. The SMILES string of the molecule is COc1cc(C=C2N=C(SCC(=O)N3CCN(c4ccc(C(C)=O)cc4)CC3)N(c3ccccc3)C2=O)c(OC)c(OC)c1. The van der Waals surface area contributed by atoms with E-state index in [1.54, 1.807) is 32.2 Å². The molecule has 0 atom stereocenters. The van der Waals surface area contributed by atoms with Crippen LogP contribution in [-0.2, 0) is 9.59 Å². The van der Waals surface area contributed by atoms with Gasteiger partial charge in [0.05, 0.1) is 32.8 Å². The van der Waals surface area contributed by atoms with Gasteiger partial charge in [0.2, 0.25) is 5.91 Å². The number of hydrogen-bond donors (Lipinski definition) is 0. The Morgan fingerprint density at radius 2 is 1.59 bits per heavy atom. The topological polar surface area (TPSA) is 101 Å². The smallest absolute Gasteiger partial charge is 0.283 e. The van der Waals surface area contributed by atoms with Crippen molar-refractivity contribution in [3.63, 3.8) is 0 Å². The highest BCUT2D eigenvalue weighted by atomic mass is 32.2. The summed E-state index contributed by atoms with van der Waals surface area (Å²) < 4.78 is 16.4. The van der Waals surface area contributed by atoms with Gasteiger partial charge in [0.15, 0.2) is 22.4 Å². The second kappa shape index (κ2) is 13.7. The molecular formula is C33H34N4O6S. The summed E-state index contributed by atoms with van der Waals surface area (Å²) in [6.45, 7) is 4.07. The first kappa shape index (κ1) is 30.7. The molecule has 44 heavy (non-hydrogen) atoms. The molecule has 0 N–H and O–H groups in total. The zero-order valence-electron chi connectivity index (χ0n) is 25.1. The van der Waals surface area contributed by atoms with E-state index in [2.05, 4.69) is 9.89 Å². The van der Waals surface area contributed by atoms with Gasteiger partial charge in [0, 0.05) is 49.1 Å². The second-order valence-corrected chi connectivity index (χ2v) is 11.1. The minimum atomic E-state index is -0.320. The van der Waals surface area contributed by atoms with Gasteiger partial charge in [-0.2, -0.15) is 0 Å². The minimum Gasteiger partial charge on any atom is -0.497 e. The van der Waals surface area contributed by atoms with Crippen molar-refractivity contribution in [2.45, 2.75) is 6.92 Å². The Morgan fingerprint density at radius 3 is 2.20 bits per heavy atom. The van der Waals surface area contributed by atoms with E-state index in [1.807, 2.05) is 59.5 Å². The molecule has 3 aromatic carbocycles. The van der Waals surface area contributed by atoms with E-state index in [1.165, 1.54) is 30.9 Å². The van der Waals surface area contributed by atoms with Crippen molar-refractivity contribution in [1.82, 2.24) is 4.90 Å². The van der Waals surface area contributed by atoms with Crippen LogP contribution in [0.3, 0.4) is 0 Å². The Labute approximate surface area is 260 Å². The number of anilines is 2. The lowest BCUT2D eigenvalue weighted by atomic mass is 10.1. The third kappa shape index (κ3) is 6.57. The van der Waals surface area contributed by atoms with Crippen molar-refractivity contribution >= 4 is 52.0 Å². The highest BCUT2D eigenvalue weighted by Crippen LogP contribution is 2.38. The van der Waals surface area contributed by atoms with Crippen LogP contribution in [0.25, 0.3) is 6.08 Å². The van der Waals surface area contributed by atoms with Crippen LogP contribution in [-0.4, -0.2) is 80.9 Å². The van der Waals surface area contributed by atoms with Crippen molar-refractivity contribution < 1.29 is 28.6 Å². The average Bonchev–Trinajstić information content (AvgIpc) is 3.37. The van der Waals surface area contributed by atoms with Gasteiger partial charge in [-0.05, 0) is 55.5 Å². The van der Waals surface area contributed by atoms with Crippen LogP contribution in [0.4, 0.5) is 11.4 Å². The van der Waals surface area contributed by atoms with E-state index in [-0.39, 0.29) is 29.0 Å². The summed E-state index contributed by atoms with van der Waals surface area (Å²) in [4.78, 5) is 48.8. The Morgan fingerprint density at radius 1 is 0.886 bits per heavy atom. The molecule has 0 spiro atoms. The van der Waals surface area contributed by atoms with Crippen LogP contribution < -0.4 is 24.0 Å². The monoisotopic (exact) mass is 614 g/mol. The van der Waals surface area contributed by atoms with Gasteiger partial charge in [0.25, 0.3) is 5.91 Å². The molecule has 0 aromatic heterocycles. The third-order valence-corrected chi connectivity index (χ3v) is 8.37. The summed E-state index contributed by atoms with van der Waals surface area (Å²) in [5.41, 5.74) is 3.12. The van der Waals surface area contributed by atoms with Gasteiger partial charge < -0.3 is 24.0 Å². The van der Waals surface area contributed by atoms with Crippen molar-refractivity contribution in [3.8, 4) is 17.2 Å². The van der Waals surface area contributed by atoms with Crippen LogP contribution >= 0.6 is 11.8 Å². The molecule has 0 unspecified atom stereocenters. The van der Waals surface area contributed by atoms with Gasteiger partial charge in [-0.3, -0.25) is 19.3 Å². The highest BCUT2D eigenvalue weighted by Gasteiger charge is 2.33. The van der Waals surface area contributed by atoms with E-state index in [0.717, 1.165) is 5.69 Å².